The molecule has 8 heteroatoms. The Labute approximate surface area is 186 Å². The first-order valence-corrected chi connectivity index (χ1v) is 11.4. The molecular weight excluding hydrogens is 430 g/mol. The summed E-state index contributed by atoms with van der Waals surface area (Å²) in [5.41, 5.74) is 1.28. The average molecular weight is 448 g/mol. The summed E-state index contributed by atoms with van der Waals surface area (Å²) >= 11 is 3.18. The fourth-order valence-electron chi connectivity index (χ4n) is 3.61. The molecule has 154 valence electrons. The molecule has 0 saturated heterocycles. The SMILES string of the molecule is O=C(OCC(=O)N1N=C(c2cccs2)C[C@H]1c1cccs1)c1cccc2cnccc12. The van der Waals surface area contributed by atoms with Gasteiger partial charge >= 0.3 is 5.97 Å². The third-order valence-corrected chi connectivity index (χ3v) is 6.96. The van der Waals surface area contributed by atoms with Gasteiger partial charge in [0.15, 0.2) is 6.61 Å². The Morgan fingerprint density at radius 1 is 1.06 bits per heavy atom. The monoisotopic (exact) mass is 447 g/mol. The van der Waals surface area contributed by atoms with E-state index < -0.39 is 5.97 Å². The van der Waals surface area contributed by atoms with Crippen molar-refractivity contribution in [1.29, 1.82) is 0 Å². The molecule has 1 aliphatic heterocycles. The van der Waals surface area contributed by atoms with Crippen molar-refractivity contribution >= 4 is 51.0 Å². The molecule has 5 rings (SSSR count). The summed E-state index contributed by atoms with van der Waals surface area (Å²) in [6.45, 7) is -0.372. The van der Waals surface area contributed by atoms with Crippen LogP contribution in [0.5, 0.6) is 0 Å². The summed E-state index contributed by atoms with van der Waals surface area (Å²) in [5.74, 6) is -0.889. The van der Waals surface area contributed by atoms with Crippen LogP contribution in [0.25, 0.3) is 10.8 Å². The number of amides is 1. The largest absolute Gasteiger partial charge is 0.452 e. The fraction of sp³-hybridized carbons (Fsp3) is 0.130. The minimum atomic E-state index is -0.542. The van der Waals surface area contributed by atoms with Crippen molar-refractivity contribution in [3.8, 4) is 0 Å². The second-order valence-corrected chi connectivity index (χ2v) is 8.90. The number of pyridine rings is 1. The molecular formula is C23H17N3O3S2. The van der Waals surface area contributed by atoms with E-state index >= 15 is 0 Å². The van der Waals surface area contributed by atoms with Crippen molar-refractivity contribution in [2.75, 3.05) is 6.61 Å². The molecule has 0 radical (unpaired) electrons. The van der Waals surface area contributed by atoms with Crippen LogP contribution in [0.3, 0.4) is 0 Å². The third-order valence-electron chi connectivity index (χ3n) is 5.07. The van der Waals surface area contributed by atoms with E-state index in [0.29, 0.717) is 12.0 Å². The van der Waals surface area contributed by atoms with Crippen molar-refractivity contribution < 1.29 is 14.3 Å². The van der Waals surface area contributed by atoms with Crippen molar-refractivity contribution in [3.63, 3.8) is 0 Å². The first-order chi connectivity index (χ1) is 15.2. The molecule has 31 heavy (non-hydrogen) atoms. The van der Waals surface area contributed by atoms with E-state index in [9.17, 15) is 9.59 Å². The van der Waals surface area contributed by atoms with E-state index in [1.165, 1.54) is 5.01 Å². The van der Waals surface area contributed by atoms with Gasteiger partial charge in [-0.15, -0.1) is 22.7 Å². The highest BCUT2D eigenvalue weighted by molar-refractivity contribution is 7.12. The number of rotatable bonds is 5. The minimum Gasteiger partial charge on any atom is -0.452 e. The summed E-state index contributed by atoms with van der Waals surface area (Å²) in [6, 6.07) is 14.8. The molecule has 0 fully saturated rings. The van der Waals surface area contributed by atoms with Crippen molar-refractivity contribution in [2.45, 2.75) is 12.5 Å². The van der Waals surface area contributed by atoms with Crippen molar-refractivity contribution in [2.24, 2.45) is 5.10 Å². The van der Waals surface area contributed by atoms with E-state index in [4.69, 9.17) is 4.74 Å². The Kier molecular flexibility index (Phi) is 5.31. The number of hydrazone groups is 1. The van der Waals surface area contributed by atoms with Crippen molar-refractivity contribution in [1.82, 2.24) is 9.99 Å². The van der Waals surface area contributed by atoms with Gasteiger partial charge in [0.25, 0.3) is 5.91 Å². The number of benzene rings is 1. The van der Waals surface area contributed by atoms with Crippen LogP contribution in [0.4, 0.5) is 0 Å². The molecule has 1 aromatic carbocycles. The van der Waals surface area contributed by atoms with Gasteiger partial charge in [0.05, 0.1) is 22.2 Å². The zero-order valence-electron chi connectivity index (χ0n) is 16.3. The predicted molar refractivity (Wildman–Crippen MR) is 121 cm³/mol. The van der Waals surface area contributed by atoms with E-state index in [2.05, 4.69) is 10.1 Å². The highest BCUT2D eigenvalue weighted by Crippen LogP contribution is 2.36. The molecule has 3 aromatic heterocycles. The number of hydrogen-bond acceptors (Lipinski definition) is 7. The summed E-state index contributed by atoms with van der Waals surface area (Å²) < 4.78 is 5.39. The lowest BCUT2D eigenvalue weighted by Crippen LogP contribution is -2.31. The lowest BCUT2D eigenvalue weighted by Gasteiger charge is -2.20. The van der Waals surface area contributed by atoms with Gasteiger partial charge in [-0.2, -0.15) is 5.10 Å². The number of carbonyl (C=O) groups excluding carboxylic acids is 2. The highest BCUT2D eigenvalue weighted by Gasteiger charge is 2.34. The molecule has 1 amide bonds. The topological polar surface area (TPSA) is 71.9 Å². The van der Waals surface area contributed by atoms with Gasteiger partial charge in [-0.25, -0.2) is 9.80 Å². The first kappa shape index (κ1) is 19.6. The Bertz CT molecular complexity index is 1260. The van der Waals surface area contributed by atoms with Gasteiger partial charge in [-0.05, 0) is 40.4 Å². The van der Waals surface area contributed by atoms with Crippen LogP contribution >= 0.6 is 22.7 Å². The van der Waals surface area contributed by atoms with Gasteiger partial charge in [-0.1, -0.05) is 24.3 Å². The number of ether oxygens (including phenoxy) is 1. The second kappa shape index (κ2) is 8.41. The maximum Gasteiger partial charge on any atom is 0.339 e. The lowest BCUT2D eigenvalue weighted by molar-refractivity contribution is -0.136. The van der Waals surface area contributed by atoms with Crippen LogP contribution in [0.2, 0.25) is 0 Å². The summed E-state index contributed by atoms with van der Waals surface area (Å²) in [6.07, 6.45) is 3.95. The number of aromatic nitrogens is 1. The first-order valence-electron chi connectivity index (χ1n) is 9.67. The van der Waals surface area contributed by atoms with Crippen LogP contribution in [0.1, 0.15) is 32.6 Å². The van der Waals surface area contributed by atoms with Gasteiger partial charge in [0.2, 0.25) is 0 Å². The Balaban J connectivity index is 1.35. The third kappa shape index (κ3) is 3.87. The van der Waals surface area contributed by atoms with Gasteiger partial charge in [0.1, 0.15) is 0 Å². The molecule has 0 bridgehead atoms. The molecule has 0 spiro atoms. The number of fused-ring (bicyclic) bond motifs is 1. The van der Waals surface area contributed by atoms with Gasteiger partial charge in [-0.3, -0.25) is 9.78 Å². The molecule has 1 aliphatic rings. The number of esters is 1. The van der Waals surface area contributed by atoms with Gasteiger partial charge < -0.3 is 4.74 Å². The highest BCUT2D eigenvalue weighted by atomic mass is 32.1. The normalized spacial score (nSPS) is 15.8. The summed E-state index contributed by atoms with van der Waals surface area (Å²) in [5, 5.41) is 11.6. The average Bonchev–Trinajstić information content (AvgIpc) is 3.57. The molecule has 4 aromatic rings. The lowest BCUT2D eigenvalue weighted by atomic mass is 10.1. The Morgan fingerprint density at radius 3 is 2.74 bits per heavy atom. The fourth-order valence-corrected chi connectivity index (χ4v) is 5.14. The molecule has 0 saturated carbocycles. The molecule has 4 heterocycles. The maximum absolute atomic E-state index is 13.0. The molecule has 0 N–H and O–H groups in total. The maximum atomic E-state index is 13.0. The molecule has 6 nitrogen and oxygen atoms in total. The quantitative estimate of drug-likeness (QED) is 0.408. The molecule has 0 aliphatic carbocycles. The van der Waals surface area contributed by atoms with E-state index in [-0.39, 0.29) is 18.6 Å². The van der Waals surface area contributed by atoms with Crippen LogP contribution < -0.4 is 0 Å². The minimum absolute atomic E-state index is 0.188. The van der Waals surface area contributed by atoms with Gasteiger partial charge in [0, 0.05) is 29.1 Å². The molecule has 0 unspecified atom stereocenters. The Hall–Kier alpha value is -3.36. The Morgan fingerprint density at radius 2 is 1.94 bits per heavy atom. The van der Waals surface area contributed by atoms with E-state index in [1.807, 2.05) is 41.1 Å². The van der Waals surface area contributed by atoms with Crippen LogP contribution in [-0.2, 0) is 9.53 Å². The standard InChI is InChI=1S/C23H17N3O3S2/c27-22(14-29-23(28)17-5-1-4-15-13-24-9-8-16(15)17)26-19(21-7-3-11-31-21)12-18(25-26)20-6-2-10-30-20/h1-11,13,19H,12,14H2/t19-/m0/s1. The van der Waals surface area contributed by atoms with Crippen LogP contribution in [-0.4, -0.2) is 34.2 Å². The summed E-state index contributed by atoms with van der Waals surface area (Å²) in [4.78, 5) is 31.9. The number of thiophene rings is 2. The van der Waals surface area contributed by atoms with Crippen LogP contribution in [0.15, 0.2) is 76.8 Å². The zero-order chi connectivity index (χ0) is 21.2. The summed E-state index contributed by atoms with van der Waals surface area (Å²) in [7, 11) is 0. The van der Waals surface area contributed by atoms with E-state index in [1.54, 1.807) is 53.3 Å². The smallest absolute Gasteiger partial charge is 0.339 e. The molecule has 1 atom stereocenters. The number of nitrogens with zero attached hydrogens (tertiary/aromatic N) is 3. The van der Waals surface area contributed by atoms with Crippen molar-refractivity contribution in [3.05, 3.63) is 87.0 Å². The second-order valence-electron chi connectivity index (χ2n) is 6.98. The van der Waals surface area contributed by atoms with E-state index in [0.717, 1.165) is 26.2 Å². The number of hydrogen-bond donors (Lipinski definition) is 0. The van der Waals surface area contributed by atoms with Crippen LogP contribution in [0, 0.1) is 0 Å². The zero-order valence-corrected chi connectivity index (χ0v) is 17.9. The number of carbonyl (C=O) groups is 2. The predicted octanol–water partition coefficient (Wildman–Crippen LogP) is 4.89.